The van der Waals surface area contributed by atoms with Gasteiger partial charge >= 0.3 is 11.9 Å². The largest absolute Gasteiger partial charge is 0.481 e. The normalized spacial score (nSPS) is 31.2. The molecule has 2 aliphatic rings. The predicted molar refractivity (Wildman–Crippen MR) is 112 cm³/mol. The van der Waals surface area contributed by atoms with E-state index < -0.39 is 35.5 Å². The van der Waals surface area contributed by atoms with Gasteiger partial charge in [0.1, 0.15) is 17.8 Å². The second kappa shape index (κ2) is 8.58. The fourth-order valence-electron chi connectivity index (χ4n) is 5.20. The molecule has 1 N–H and O–H groups in total. The molecule has 6 heteroatoms. The number of hydrogen-bond acceptors (Lipinski definition) is 5. The number of fused-ring (bicyclic) bond motifs is 2. The van der Waals surface area contributed by atoms with Gasteiger partial charge in [0.15, 0.2) is 0 Å². The third kappa shape index (κ3) is 3.82. The Hall–Kier alpha value is -2.08. The Morgan fingerprint density at radius 3 is 2.67 bits per heavy atom. The zero-order chi connectivity index (χ0) is 22.2. The van der Waals surface area contributed by atoms with Crippen molar-refractivity contribution < 1.29 is 28.6 Å². The van der Waals surface area contributed by atoms with Crippen LogP contribution in [0.4, 0.5) is 0 Å². The van der Waals surface area contributed by atoms with E-state index in [2.05, 4.69) is 13.8 Å². The first kappa shape index (κ1) is 22.6. The molecule has 1 aromatic rings. The van der Waals surface area contributed by atoms with Gasteiger partial charge in [-0.2, -0.15) is 0 Å². The number of allylic oxidation sites excluding steroid dienone is 1. The number of aryl methyl sites for hydroxylation is 1. The summed E-state index contributed by atoms with van der Waals surface area (Å²) < 4.78 is 18.0. The van der Waals surface area contributed by atoms with E-state index in [1.54, 1.807) is 26.2 Å². The minimum Gasteiger partial charge on any atom is -0.481 e. The van der Waals surface area contributed by atoms with E-state index in [0.29, 0.717) is 30.9 Å². The smallest absolute Gasteiger partial charge is 0.333 e. The van der Waals surface area contributed by atoms with Gasteiger partial charge in [0.05, 0.1) is 12.4 Å². The van der Waals surface area contributed by atoms with Crippen molar-refractivity contribution in [2.45, 2.75) is 73.0 Å². The standard InChI is InChI=1S/C24H34O6/c1-7-14(4)23(27)30-17-9-8-16-10-18-19(15(5)12-28-18)21(29-11-13(2)3)24(16,6)20(17)22(25)26/h7,12-13,16-17,20-21H,8-11H2,1-6H3,(H,25,26). The van der Waals surface area contributed by atoms with E-state index in [1.165, 1.54) is 0 Å². The summed E-state index contributed by atoms with van der Waals surface area (Å²) in [6, 6.07) is 0. The van der Waals surface area contributed by atoms with Crippen LogP contribution in [-0.4, -0.2) is 29.8 Å². The quantitative estimate of drug-likeness (QED) is 0.525. The molecule has 0 aromatic carbocycles. The maximum atomic E-state index is 12.6. The summed E-state index contributed by atoms with van der Waals surface area (Å²) in [6.45, 7) is 12.1. The predicted octanol–water partition coefficient (Wildman–Crippen LogP) is 4.85. The average molecular weight is 419 g/mol. The summed E-state index contributed by atoms with van der Waals surface area (Å²) in [7, 11) is 0. The first-order valence-corrected chi connectivity index (χ1v) is 10.9. The molecule has 6 nitrogen and oxygen atoms in total. The molecule has 1 heterocycles. The van der Waals surface area contributed by atoms with Crippen LogP contribution >= 0.6 is 0 Å². The Morgan fingerprint density at radius 2 is 2.07 bits per heavy atom. The number of hydrogen-bond donors (Lipinski definition) is 1. The molecular weight excluding hydrogens is 384 g/mol. The van der Waals surface area contributed by atoms with Gasteiger partial charge in [-0.1, -0.05) is 26.8 Å². The zero-order valence-electron chi connectivity index (χ0n) is 18.9. The van der Waals surface area contributed by atoms with Crippen molar-refractivity contribution in [3.63, 3.8) is 0 Å². The molecule has 0 saturated heterocycles. The number of aliphatic carboxylic acids is 1. The number of rotatable bonds is 6. The monoisotopic (exact) mass is 418 g/mol. The third-order valence-electron chi connectivity index (χ3n) is 6.96. The molecule has 5 atom stereocenters. The van der Waals surface area contributed by atoms with Crippen molar-refractivity contribution >= 4 is 11.9 Å². The lowest BCUT2D eigenvalue weighted by Gasteiger charge is -2.54. The van der Waals surface area contributed by atoms with E-state index in [-0.39, 0.29) is 5.92 Å². The first-order valence-electron chi connectivity index (χ1n) is 10.9. The SMILES string of the molecule is CC=C(C)C(=O)OC1CCC2Cc3occ(C)c3C(OCC(C)C)C2(C)C1C(=O)O. The van der Waals surface area contributed by atoms with E-state index in [1.807, 2.05) is 13.8 Å². The summed E-state index contributed by atoms with van der Waals surface area (Å²) >= 11 is 0. The molecule has 1 saturated carbocycles. The molecule has 0 spiro atoms. The highest BCUT2D eigenvalue weighted by molar-refractivity contribution is 5.88. The van der Waals surface area contributed by atoms with Crippen LogP contribution in [0.5, 0.6) is 0 Å². The lowest BCUT2D eigenvalue weighted by Crippen LogP contribution is -2.56. The highest BCUT2D eigenvalue weighted by atomic mass is 16.5. The van der Waals surface area contributed by atoms with Crippen LogP contribution in [0.25, 0.3) is 0 Å². The molecule has 2 aliphatic carbocycles. The van der Waals surface area contributed by atoms with Crippen LogP contribution in [-0.2, 0) is 25.5 Å². The number of carbonyl (C=O) groups is 2. The van der Waals surface area contributed by atoms with Gasteiger partial charge < -0.3 is 19.0 Å². The van der Waals surface area contributed by atoms with Crippen molar-refractivity contribution in [2.24, 2.45) is 23.2 Å². The molecule has 0 amide bonds. The van der Waals surface area contributed by atoms with Gasteiger partial charge in [0, 0.05) is 29.6 Å². The van der Waals surface area contributed by atoms with Crippen molar-refractivity contribution in [2.75, 3.05) is 6.61 Å². The van der Waals surface area contributed by atoms with Crippen LogP contribution in [0.15, 0.2) is 22.3 Å². The van der Waals surface area contributed by atoms with Crippen LogP contribution in [0, 0.1) is 30.1 Å². The highest BCUT2D eigenvalue weighted by Gasteiger charge is 2.61. The Kier molecular flexibility index (Phi) is 6.46. The molecule has 0 aliphatic heterocycles. The molecule has 0 radical (unpaired) electrons. The van der Waals surface area contributed by atoms with Crippen LogP contribution < -0.4 is 0 Å². The third-order valence-corrected chi connectivity index (χ3v) is 6.96. The van der Waals surface area contributed by atoms with Gasteiger partial charge in [-0.05, 0) is 51.0 Å². The topological polar surface area (TPSA) is 86.0 Å². The van der Waals surface area contributed by atoms with Gasteiger partial charge in [-0.25, -0.2) is 4.79 Å². The summed E-state index contributed by atoms with van der Waals surface area (Å²) in [5.41, 5.74) is 1.72. The number of carbonyl (C=O) groups excluding carboxylic acids is 1. The van der Waals surface area contributed by atoms with Crippen molar-refractivity contribution in [3.8, 4) is 0 Å². The maximum Gasteiger partial charge on any atom is 0.333 e. The van der Waals surface area contributed by atoms with Crippen LogP contribution in [0.1, 0.15) is 70.5 Å². The molecule has 3 rings (SSSR count). The molecule has 0 bridgehead atoms. The summed E-state index contributed by atoms with van der Waals surface area (Å²) in [6.07, 6.45) is 4.27. The minimum absolute atomic E-state index is 0.0755. The van der Waals surface area contributed by atoms with E-state index >= 15 is 0 Å². The average Bonchev–Trinajstić information content (AvgIpc) is 3.04. The highest BCUT2D eigenvalue weighted by Crippen LogP contribution is 2.60. The van der Waals surface area contributed by atoms with Crippen LogP contribution in [0.3, 0.4) is 0 Å². The molecule has 30 heavy (non-hydrogen) atoms. The molecule has 1 aromatic heterocycles. The molecule has 5 unspecified atom stereocenters. The molecule has 166 valence electrons. The van der Waals surface area contributed by atoms with Crippen LogP contribution in [0.2, 0.25) is 0 Å². The first-order chi connectivity index (χ1) is 14.1. The number of ether oxygens (including phenoxy) is 2. The Labute approximate surface area is 178 Å². The zero-order valence-corrected chi connectivity index (χ0v) is 18.9. The Balaban J connectivity index is 2.05. The summed E-state index contributed by atoms with van der Waals surface area (Å²) in [5, 5.41) is 10.3. The second-order valence-corrected chi connectivity index (χ2v) is 9.44. The molecular formula is C24H34O6. The fourth-order valence-corrected chi connectivity index (χ4v) is 5.20. The maximum absolute atomic E-state index is 12.6. The summed E-state index contributed by atoms with van der Waals surface area (Å²) in [4.78, 5) is 25.0. The minimum atomic E-state index is -0.944. The number of carboxylic acid groups (broad SMARTS) is 1. The van der Waals surface area contributed by atoms with E-state index in [0.717, 1.165) is 23.3 Å². The number of esters is 1. The Morgan fingerprint density at radius 1 is 1.37 bits per heavy atom. The van der Waals surface area contributed by atoms with Crippen molar-refractivity contribution in [1.29, 1.82) is 0 Å². The molecule has 1 fully saturated rings. The second-order valence-electron chi connectivity index (χ2n) is 9.44. The number of carboxylic acids is 1. The lowest BCUT2D eigenvalue weighted by molar-refractivity contribution is -0.195. The Bertz CT molecular complexity index is 835. The van der Waals surface area contributed by atoms with Crippen molar-refractivity contribution in [1.82, 2.24) is 0 Å². The lowest BCUT2D eigenvalue weighted by atomic mass is 9.53. The number of furan rings is 1. The van der Waals surface area contributed by atoms with Crippen molar-refractivity contribution in [3.05, 3.63) is 34.8 Å². The van der Waals surface area contributed by atoms with Gasteiger partial charge in [0.2, 0.25) is 0 Å². The van der Waals surface area contributed by atoms with E-state index in [4.69, 9.17) is 13.9 Å². The fraction of sp³-hybridized carbons (Fsp3) is 0.667. The summed E-state index contributed by atoms with van der Waals surface area (Å²) in [5.74, 6) is -0.973. The van der Waals surface area contributed by atoms with Gasteiger partial charge in [-0.15, -0.1) is 0 Å². The van der Waals surface area contributed by atoms with Gasteiger partial charge in [-0.3, -0.25) is 4.79 Å². The van der Waals surface area contributed by atoms with E-state index in [9.17, 15) is 14.7 Å². The van der Waals surface area contributed by atoms with Gasteiger partial charge in [0.25, 0.3) is 0 Å².